The van der Waals surface area contributed by atoms with Crippen molar-refractivity contribution in [1.82, 2.24) is 14.6 Å². The second-order valence-corrected chi connectivity index (χ2v) is 3.21. The Morgan fingerprint density at radius 1 is 1.69 bits per heavy atom. The fraction of sp³-hybridized carbons (Fsp3) is 0.222. The summed E-state index contributed by atoms with van der Waals surface area (Å²) in [4.78, 5) is 14.9. The van der Waals surface area contributed by atoms with Crippen molar-refractivity contribution < 1.29 is 9.90 Å². The fourth-order valence-electron chi connectivity index (χ4n) is 1.45. The summed E-state index contributed by atoms with van der Waals surface area (Å²) < 4.78 is 1.44. The molecule has 7 nitrogen and oxygen atoms in total. The minimum Gasteiger partial charge on any atom is -0.478 e. The van der Waals surface area contributed by atoms with Crippen LogP contribution >= 0.6 is 0 Å². The fourth-order valence-corrected chi connectivity index (χ4v) is 1.45. The monoisotopic (exact) mass is 221 g/mol. The number of nitrogens with one attached hydrogen (secondary N) is 1. The molecule has 0 amide bonds. The molecule has 0 radical (unpaired) electrons. The smallest absolute Gasteiger partial charge is 0.337 e. The third-order valence-electron chi connectivity index (χ3n) is 2.09. The summed E-state index contributed by atoms with van der Waals surface area (Å²) in [6.07, 6.45) is 1.56. The van der Waals surface area contributed by atoms with Crippen molar-refractivity contribution in [2.75, 3.05) is 17.6 Å². The maximum absolute atomic E-state index is 11.0. The minimum absolute atomic E-state index is 0.116. The van der Waals surface area contributed by atoms with Gasteiger partial charge in [-0.1, -0.05) is 0 Å². The summed E-state index contributed by atoms with van der Waals surface area (Å²) in [5.41, 5.74) is 6.49. The molecule has 0 atom stereocenters. The van der Waals surface area contributed by atoms with Gasteiger partial charge in [-0.05, 0) is 13.0 Å². The Morgan fingerprint density at radius 2 is 2.44 bits per heavy atom. The molecule has 0 aromatic carbocycles. The number of nitrogens with two attached hydrogens (primary N) is 1. The molecule has 0 fully saturated rings. The average Bonchev–Trinajstić information content (AvgIpc) is 2.56. The zero-order valence-electron chi connectivity index (χ0n) is 8.64. The first-order valence-corrected chi connectivity index (χ1v) is 4.75. The highest BCUT2D eigenvalue weighted by atomic mass is 16.4. The Labute approximate surface area is 90.9 Å². The van der Waals surface area contributed by atoms with Crippen molar-refractivity contribution in [2.24, 2.45) is 0 Å². The second-order valence-electron chi connectivity index (χ2n) is 3.21. The van der Waals surface area contributed by atoms with Crippen molar-refractivity contribution in [3.05, 3.63) is 17.8 Å². The van der Waals surface area contributed by atoms with E-state index in [9.17, 15) is 4.79 Å². The lowest BCUT2D eigenvalue weighted by Crippen LogP contribution is -2.07. The van der Waals surface area contributed by atoms with E-state index in [1.54, 1.807) is 6.20 Å². The van der Waals surface area contributed by atoms with E-state index in [2.05, 4.69) is 15.4 Å². The van der Waals surface area contributed by atoms with E-state index in [1.807, 2.05) is 6.92 Å². The lowest BCUT2D eigenvalue weighted by molar-refractivity contribution is 0.0698. The topological polar surface area (TPSA) is 106 Å². The molecule has 0 aliphatic heterocycles. The summed E-state index contributed by atoms with van der Waals surface area (Å²) in [6, 6.07) is 1.43. The van der Waals surface area contributed by atoms with Gasteiger partial charge in [-0.2, -0.15) is 4.98 Å². The van der Waals surface area contributed by atoms with Crippen LogP contribution in [-0.2, 0) is 0 Å². The number of hydrogen-bond acceptors (Lipinski definition) is 5. The zero-order valence-corrected chi connectivity index (χ0v) is 8.64. The Morgan fingerprint density at radius 3 is 3.06 bits per heavy atom. The van der Waals surface area contributed by atoms with Gasteiger partial charge < -0.3 is 16.2 Å². The van der Waals surface area contributed by atoms with Crippen LogP contribution in [0.1, 0.15) is 17.3 Å². The van der Waals surface area contributed by atoms with Gasteiger partial charge in [-0.3, -0.25) is 0 Å². The summed E-state index contributed by atoms with van der Waals surface area (Å²) in [7, 11) is 0. The molecule has 16 heavy (non-hydrogen) atoms. The SMILES string of the molecule is CCNc1cn2nc(N)nc2cc1C(=O)O. The third-order valence-corrected chi connectivity index (χ3v) is 2.09. The highest BCUT2D eigenvalue weighted by Crippen LogP contribution is 2.17. The number of nitrogen functional groups attached to an aromatic ring is 1. The molecule has 4 N–H and O–H groups in total. The van der Waals surface area contributed by atoms with Crippen LogP contribution in [0, 0.1) is 0 Å². The van der Waals surface area contributed by atoms with E-state index in [0.717, 1.165) is 0 Å². The quantitative estimate of drug-likeness (QED) is 0.694. The van der Waals surface area contributed by atoms with Crippen molar-refractivity contribution in [2.45, 2.75) is 6.92 Å². The summed E-state index contributed by atoms with van der Waals surface area (Å²) in [6.45, 7) is 2.50. The molecule has 2 aromatic rings. The van der Waals surface area contributed by atoms with Gasteiger partial charge in [0.25, 0.3) is 0 Å². The Hall–Kier alpha value is -2.31. The van der Waals surface area contributed by atoms with E-state index >= 15 is 0 Å². The summed E-state index contributed by atoms with van der Waals surface area (Å²) in [5.74, 6) is -0.898. The largest absolute Gasteiger partial charge is 0.478 e. The maximum atomic E-state index is 11.0. The number of nitrogens with zero attached hydrogens (tertiary/aromatic N) is 3. The first-order valence-electron chi connectivity index (χ1n) is 4.75. The molecular weight excluding hydrogens is 210 g/mol. The number of carboxylic acid groups (broad SMARTS) is 1. The molecule has 0 aliphatic rings. The van der Waals surface area contributed by atoms with E-state index in [4.69, 9.17) is 10.8 Å². The highest BCUT2D eigenvalue weighted by Gasteiger charge is 2.13. The van der Waals surface area contributed by atoms with Crippen molar-refractivity contribution in [1.29, 1.82) is 0 Å². The van der Waals surface area contributed by atoms with Crippen LogP contribution in [0.3, 0.4) is 0 Å². The van der Waals surface area contributed by atoms with E-state index in [-0.39, 0.29) is 11.5 Å². The molecule has 2 rings (SSSR count). The molecule has 0 saturated heterocycles. The molecule has 0 aliphatic carbocycles. The number of aromatic nitrogens is 3. The number of anilines is 2. The first kappa shape index (κ1) is 10.2. The number of rotatable bonds is 3. The van der Waals surface area contributed by atoms with Crippen LogP contribution in [0.5, 0.6) is 0 Å². The van der Waals surface area contributed by atoms with Gasteiger partial charge in [0.15, 0.2) is 5.65 Å². The van der Waals surface area contributed by atoms with Crippen LogP contribution in [0.2, 0.25) is 0 Å². The molecular formula is C9H11N5O2. The number of carboxylic acids is 1. The van der Waals surface area contributed by atoms with Gasteiger partial charge in [0.05, 0.1) is 17.4 Å². The van der Waals surface area contributed by atoms with Crippen molar-refractivity contribution >= 4 is 23.3 Å². The second kappa shape index (κ2) is 3.69. The van der Waals surface area contributed by atoms with E-state index < -0.39 is 5.97 Å². The van der Waals surface area contributed by atoms with Gasteiger partial charge in [0.1, 0.15) is 0 Å². The van der Waals surface area contributed by atoms with Crippen LogP contribution < -0.4 is 11.1 Å². The lowest BCUT2D eigenvalue weighted by atomic mass is 10.2. The number of carbonyl (C=O) groups is 1. The van der Waals surface area contributed by atoms with E-state index in [1.165, 1.54) is 10.6 Å². The molecule has 2 aromatic heterocycles. The Balaban J connectivity index is 2.64. The van der Waals surface area contributed by atoms with Gasteiger partial charge in [0, 0.05) is 6.54 Å². The zero-order chi connectivity index (χ0) is 11.7. The standard InChI is InChI=1S/C9H11N5O2/c1-2-11-6-4-14-7(12-9(10)13-14)3-5(6)8(15)16/h3-4,11H,2H2,1H3,(H2,10,13)(H,15,16). The first-order chi connectivity index (χ1) is 7.61. The maximum Gasteiger partial charge on any atom is 0.337 e. The number of pyridine rings is 1. The Kier molecular flexibility index (Phi) is 2.35. The molecule has 0 saturated carbocycles. The number of aromatic carboxylic acids is 1. The predicted molar refractivity (Wildman–Crippen MR) is 58.5 cm³/mol. The van der Waals surface area contributed by atoms with Gasteiger partial charge in [-0.25, -0.2) is 9.31 Å². The predicted octanol–water partition coefficient (Wildman–Crippen LogP) is 0.441. The molecule has 7 heteroatoms. The summed E-state index contributed by atoms with van der Waals surface area (Å²) >= 11 is 0. The van der Waals surface area contributed by atoms with Gasteiger partial charge in [0.2, 0.25) is 5.95 Å². The van der Waals surface area contributed by atoms with Crippen LogP contribution in [0.4, 0.5) is 11.6 Å². The highest BCUT2D eigenvalue weighted by molar-refractivity contribution is 5.95. The molecule has 0 spiro atoms. The van der Waals surface area contributed by atoms with Gasteiger partial charge in [-0.15, -0.1) is 5.10 Å². The normalized spacial score (nSPS) is 10.6. The van der Waals surface area contributed by atoms with E-state index in [0.29, 0.717) is 17.9 Å². The Bertz CT molecular complexity index is 548. The van der Waals surface area contributed by atoms with Crippen LogP contribution in [-0.4, -0.2) is 32.2 Å². The van der Waals surface area contributed by atoms with Crippen LogP contribution in [0.25, 0.3) is 5.65 Å². The number of fused-ring (bicyclic) bond motifs is 1. The molecule has 84 valence electrons. The molecule has 0 bridgehead atoms. The van der Waals surface area contributed by atoms with Crippen LogP contribution in [0.15, 0.2) is 12.3 Å². The van der Waals surface area contributed by atoms with Gasteiger partial charge >= 0.3 is 5.97 Å². The lowest BCUT2D eigenvalue weighted by Gasteiger charge is -2.07. The molecule has 2 heterocycles. The minimum atomic E-state index is -1.01. The van der Waals surface area contributed by atoms with Crippen molar-refractivity contribution in [3.63, 3.8) is 0 Å². The van der Waals surface area contributed by atoms with Crippen molar-refractivity contribution in [3.8, 4) is 0 Å². The number of hydrogen-bond donors (Lipinski definition) is 3. The molecule has 0 unspecified atom stereocenters. The summed E-state index contributed by atoms with van der Waals surface area (Å²) in [5, 5.41) is 15.9. The third kappa shape index (κ3) is 1.62. The average molecular weight is 221 g/mol.